The number of allylic oxidation sites excluding steroid dienone is 4. The van der Waals surface area contributed by atoms with Crippen LogP contribution in [0.1, 0.15) is 104 Å². The highest BCUT2D eigenvalue weighted by Gasteiger charge is 2.40. The molecule has 1 aliphatic rings. The number of ether oxygens (including phenoxy) is 2. The van der Waals surface area contributed by atoms with E-state index in [1.165, 1.54) is 25.7 Å². The van der Waals surface area contributed by atoms with Crippen molar-refractivity contribution in [1.82, 2.24) is 0 Å². The molecule has 1 saturated carbocycles. The van der Waals surface area contributed by atoms with Gasteiger partial charge in [-0.2, -0.15) is 0 Å². The Morgan fingerprint density at radius 2 is 1.72 bits per heavy atom. The number of aliphatic carboxylic acids is 1. The number of carbonyl (C=O) groups excluding carboxylic acids is 1. The van der Waals surface area contributed by atoms with Crippen LogP contribution in [0.25, 0.3) is 0 Å². The first-order chi connectivity index (χ1) is 15.5. The van der Waals surface area contributed by atoms with Crippen LogP contribution >= 0.6 is 0 Å². The summed E-state index contributed by atoms with van der Waals surface area (Å²) in [6, 6.07) is 0. The molecule has 0 aromatic carbocycles. The van der Waals surface area contributed by atoms with E-state index in [1.54, 1.807) is 0 Å². The zero-order chi connectivity index (χ0) is 23.7. The van der Waals surface area contributed by atoms with Crippen molar-refractivity contribution < 1.29 is 24.2 Å². The minimum atomic E-state index is -1.58. The molecule has 0 aromatic rings. The number of carboxylic acids is 1. The topological polar surface area (TPSA) is 72.8 Å². The molecule has 1 N–H and O–H groups in total. The maximum Gasteiger partial charge on any atom is 0.364 e. The number of ketones is 1. The summed E-state index contributed by atoms with van der Waals surface area (Å²) in [6.07, 6.45) is 20.3. The van der Waals surface area contributed by atoms with E-state index in [9.17, 15) is 14.7 Å². The number of carboxylic acid groups (broad SMARTS) is 1. The highest BCUT2D eigenvalue weighted by atomic mass is 16.7. The van der Waals surface area contributed by atoms with Gasteiger partial charge in [0.25, 0.3) is 5.79 Å². The maximum atomic E-state index is 12.4. The van der Waals surface area contributed by atoms with Crippen molar-refractivity contribution in [2.24, 2.45) is 11.8 Å². The van der Waals surface area contributed by atoms with E-state index in [0.29, 0.717) is 37.8 Å². The van der Waals surface area contributed by atoms with E-state index in [0.717, 1.165) is 38.5 Å². The highest BCUT2D eigenvalue weighted by molar-refractivity contribution is 5.83. The smallest absolute Gasteiger partial charge is 0.364 e. The van der Waals surface area contributed by atoms with Gasteiger partial charge in [-0.3, -0.25) is 4.79 Å². The van der Waals surface area contributed by atoms with Crippen molar-refractivity contribution in [3.05, 3.63) is 24.3 Å². The van der Waals surface area contributed by atoms with E-state index in [2.05, 4.69) is 19.1 Å². The van der Waals surface area contributed by atoms with Gasteiger partial charge in [-0.1, -0.05) is 70.8 Å². The lowest BCUT2D eigenvalue weighted by atomic mass is 9.91. The van der Waals surface area contributed by atoms with Gasteiger partial charge in [-0.25, -0.2) is 4.79 Å². The first kappa shape index (κ1) is 28.6. The summed E-state index contributed by atoms with van der Waals surface area (Å²) < 4.78 is 11.4. The molecule has 1 unspecified atom stereocenters. The van der Waals surface area contributed by atoms with E-state index < -0.39 is 11.8 Å². The van der Waals surface area contributed by atoms with Crippen LogP contribution in [0, 0.1) is 11.8 Å². The zero-order valence-corrected chi connectivity index (χ0v) is 20.7. The van der Waals surface area contributed by atoms with Crippen molar-refractivity contribution in [3.8, 4) is 0 Å². The fourth-order valence-corrected chi connectivity index (χ4v) is 4.13. The molecule has 0 amide bonds. The molecule has 32 heavy (non-hydrogen) atoms. The lowest BCUT2D eigenvalue weighted by Gasteiger charge is -2.29. The molecule has 0 heterocycles. The molecule has 5 heteroatoms. The maximum absolute atomic E-state index is 12.4. The number of hydrogen-bond donors (Lipinski definition) is 1. The van der Waals surface area contributed by atoms with Crippen LogP contribution in [0.15, 0.2) is 24.3 Å². The second kappa shape index (κ2) is 17.1. The molecule has 1 rings (SSSR count). The fraction of sp³-hybridized carbons (Fsp3) is 0.778. The third kappa shape index (κ3) is 10.4. The van der Waals surface area contributed by atoms with Gasteiger partial charge in [-0.15, -0.1) is 0 Å². The third-order valence-electron chi connectivity index (χ3n) is 6.16. The summed E-state index contributed by atoms with van der Waals surface area (Å²) in [6.45, 7) is 6.94. The van der Waals surface area contributed by atoms with Gasteiger partial charge >= 0.3 is 5.97 Å². The summed E-state index contributed by atoms with van der Waals surface area (Å²) in [7, 11) is 0. The van der Waals surface area contributed by atoms with Crippen LogP contribution in [0.5, 0.6) is 0 Å². The normalized spacial score (nSPS) is 21.0. The minimum absolute atomic E-state index is 0.0551. The first-order valence-electron chi connectivity index (χ1n) is 12.9. The van der Waals surface area contributed by atoms with E-state index in [-0.39, 0.29) is 12.3 Å². The lowest BCUT2D eigenvalue weighted by Crippen LogP contribution is -2.45. The number of Topliss-reactive ketones (excluding diaryl/α,β-unsaturated/α-hetero) is 1. The Hall–Kier alpha value is -1.46. The molecule has 184 valence electrons. The van der Waals surface area contributed by atoms with Crippen LogP contribution in [0.4, 0.5) is 0 Å². The number of hydrogen-bond acceptors (Lipinski definition) is 4. The third-order valence-corrected chi connectivity index (χ3v) is 6.16. The van der Waals surface area contributed by atoms with Gasteiger partial charge in [0.1, 0.15) is 5.78 Å². The molecular formula is C27H46O5. The average Bonchev–Trinajstić information content (AvgIpc) is 3.13. The molecule has 0 aromatic heterocycles. The van der Waals surface area contributed by atoms with Gasteiger partial charge in [0.05, 0.1) is 13.2 Å². The van der Waals surface area contributed by atoms with Crippen molar-refractivity contribution in [1.29, 1.82) is 0 Å². The Morgan fingerprint density at radius 1 is 0.969 bits per heavy atom. The predicted octanol–water partition coefficient (Wildman–Crippen LogP) is 6.86. The monoisotopic (exact) mass is 450 g/mol. The molecule has 1 fully saturated rings. The molecule has 0 aliphatic heterocycles. The number of unbranched alkanes of at least 4 members (excludes halogenated alkanes) is 5. The quantitative estimate of drug-likeness (QED) is 0.132. The Morgan fingerprint density at radius 3 is 2.41 bits per heavy atom. The summed E-state index contributed by atoms with van der Waals surface area (Å²) in [5, 5.41) is 9.77. The Kier molecular flexibility index (Phi) is 15.2. The van der Waals surface area contributed by atoms with Crippen LogP contribution in [0.3, 0.4) is 0 Å². The Labute approximate surface area is 195 Å². The summed E-state index contributed by atoms with van der Waals surface area (Å²) in [5.74, 6) is -1.90. The molecule has 0 spiro atoms. The van der Waals surface area contributed by atoms with Crippen LogP contribution in [-0.2, 0) is 19.1 Å². The second-order valence-electron chi connectivity index (χ2n) is 8.91. The van der Waals surface area contributed by atoms with Crippen molar-refractivity contribution in [2.45, 2.75) is 110 Å². The van der Waals surface area contributed by atoms with Gasteiger partial charge < -0.3 is 14.6 Å². The van der Waals surface area contributed by atoms with Crippen LogP contribution in [-0.4, -0.2) is 35.9 Å². The number of rotatable bonds is 19. The highest BCUT2D eigenvalue weighted by Crippen LogP contribution is 2.33. The van der Waals surface area contributed by atoms with Crippen molar-refractivity contribution >= 4 is 11.8 Å². The van der Waals surface area contributed by atoms with Gasteiger partial charge in [0.15, 0.2) is 0 Å². The summed E-state index contributed by atoms with van der Waals surface area (Å²) in [4.78, 5) is 24.3. The summed E-state index contributed by atoms with van der Waals surface area (Å²) >= 11 is 0. The zero-order valence-electron chi connectivity index (χ0n) is 20.7. The van der Waals surface area contributed by atoms with Crippen LogP contribution < -0.4 is 0 Å². The first-order valence-corrected chi connectivity index (χ1v) is 12.9. The van der Waals surface area contributed by atoms with E-state index in [1.807, 2.05) is 26.0 Å². The molecule has 0 bridgehead atoms. The minimum Gasteiger partial charge on any atom is -0.477 e. The Balaban J connectivity index is 2.56. The van der Waals surface area contributed by atoms with Gasteiger partial charge in [0.2, 0.25) is 0 Å². The molecule has 0 radical (unpaired) electrons. The fourth-order valence-electron chi connectivity index (χ4n) is 4.13. The molecule has 5 nitrogen and oxygen atoms in total. The SMILES string of the molecule is CCCCCC/C=C/[C@H]1CCC(=O)[C@@H]1C/C=C\CCC(OCCC)(OCCCC)C(=O)O. The standard InChI is InChI=1S/C27H46O5/c1-4-7-9-10-11-13-16-23-18-19-25(28)24(23)17-14-12-15-20-27(26(29)30,31-21-6-3)32-22-8-5-2/h12-14,16,23-24H,4-11,15,17-22H2,1-3H3,(H,29,30)/b14-12-,16-13+/t23-,24+,27?/m0/s1. The largest absolute Gasteiger partial charge is 0.477 e. The second-order valence-corrected chi connectivity index (χ2v) is 8.91. The number of carbonyl (C=O) groups is 2. The lowest BCUT2D eigenvalue weighted by molar-refractivity contribution is -0.247. The Bertz CT molecular complexity index is 583. The van der Waals surface area contributed by atoms with Crippen LogP contribution in [0.2, 0.25) is 0 Å². The predicted molar refractivity (Wildman–Crippen MR) is 130 cm³/mol. The summed E-state index contributed by atoms with van der Waals surface area (Å²) in [5.41, 5.74) is 0. The average molecular weight is 451 g/mol. The van der Waals surface area contributed by atoms with Gasteiger partial charge in [-0.05, 0) is 50.9 Å². The van der Waals surface area contributed by atoms with Crippen molar-refractivity contribution in [2.75, 3.05) is 13.2 Å². The molecule has 0 saturated heterocycles. The molecule has 3 atom stereocenters. The van der Waals surface area contributed by atoms with Crippen molar-refractivity contribution in [3.63, 3.8) is 0 Å². The van der Waals surface area contributed by atoms with Gasteiger partial charge in [0, 0.05) is 18.8 Å². The van der Waals surface area contributed by atoms with E-state index in [4.69, 9.17) is 9.47 Å². The van der Waals surface area contributed by atoms with E-state index >= 15 is 0 Å². The molecular weight excluding hydrogens is 404 g/mol. The molecule has 1 aliphatic carbocycles.